The Hall–Kier alpha value is -2.34. The van der Waals surface area contributed by atoms with E-state index >= 15 is 0 Å². The second-order valence-electron chi connectivity index (χ2n) is 7.71. The third-order valence-corrected chi connectivity index (χ3v) is 4.81. The zero-order chi connectivity index (χ0) is 20.6. The molecule has 150 valence electrons. The maximum Gasteiger partial charge on any atom is 0.306 e. The predicted molar refractivity (Wildman–Crippen MR) is 101 cm³/mol. The van der Waals surface area contributed by atoms with Crippen LogP contribution in [0.1, 0.15) is 37.5 Å². The highest BCUT2D eigenvalue weighted by Gasteiger charge is 2.32. The number of halogens is 3. The largest absolute Gasteiger partial charge is 0.487 e. The van der Waals surface area contributed by atoms with Crippen LogP contribution in [0.2, 0.25) is 5.02 Å². The summed E-state index contributed by atoms with van der Waals surface area (Å²) in [5.74, 6) is -3.43. The summed E-state index contributed by atoms with van der Waals surface area (Å²) in [5, 5.41) is 9.45. The molecule has 1 aliphatic rings. The van der Waals surface area contributed by atoms with E-state index in [1.54, 1.807) is 6.07 Å². The Bertz CT molecular complexity index is 904. The van der Waals surface area contributed by atoms with Crippen molar-refractivity contribution in [2.24, 2.45) is 5.92 Å². The molecule has 1 aliphatic heterocycles. The smallest absolute Gasteiger partial charge is 0.306 e. The van der Waals surface area contributed by atoms with Gasteiger partial charge >= 0.3 is 5.97 Å². The topological polar surface area (TPSA) is 55.8 Å². The van der Waals surface area contributed by atoms with Gasteiger partial charge < -0.3 is 14.6 Å². The first kappa shape index (κ1) is 20.4. The van der Waals surface area contributed by atoms with E-state index < -0.39 is 29.3 Å². The van der Waals surface area contributed by atoms with Gasteiger partial charge in [0.2, 0.25) is 0 Å². The van der Waals surface area contributed by atoms with Crippen molar-refractivity contribution >= 4 is 17.6 Å². The molecule has 0 fully saturated rings. The first-order valence-corrected chi connectivity index (χ1v) is 9.27. The van der Waals surface area contributed by atoms with Crippen molar-refractivity contribution in [2.75, 3.05) is 0 Å². The molecule has 28 heavy (non-hydrogen) atoms. The predicted octanol–water partition coefficient (Wildman–Crippen LogP) is 5.17. The van der Waals surface area contributed by atoms with Gasteiger partial charge in [0.15, 0.2) is 17.4 Å². The molecule has 0 aliphatic carbocycles. The first-order valence-electron chi connectivity index (χ1n) is 8.89. The Morgan fingerprint density at radius 1 is 1.29 bits per heavy atom. The van der Waals surface area contributed by atoms with E-state index in [-0.39, 0.29) is 24.2 Å². The molecular weight excluding hydrogens is 390 g/mol. The van der Waals surface area contributed by atoms with E-state index in [1.807, 2.05) is 19.9 Å². The molecule has 3 rings (SSSR count). The Morgan fingerprint density at radius 3 is 2.54 bits per heavy atom. The maximum absolute atomic E-state index is 14.4. The third kappa shape index (κ3) is 4.38. The van der Waals surface area contributed by atoms with E-state index in [2.05, 4.69) is 0 Å². The minimum Gasteiger partial charge on any atom is -0.487 e. The van der Waals surface area contributed by atoms with Crippen molar-refractivity contribution in [3.05, 3.63) is 57.6 Å². The van der Waals surface area contributed by atoms with Gasteiger partial charge in [-0.25, -0.2) is 8.78 Å². The third-order valence-electron chi connectivity index (χ3n) is 4.60. The van der Waals surface area contributed by atoms with E-state index in [0.717, 1.165) is 17.7 Å². The van der Waals surface area contributed by atoms with Gasteiger partial charge in [-0.3, -0.25) is 4.79 Å². The number of hydrogen-bond donors (Lipinski definition) is 1. The van der Waals surface area contributed by atoms with Crippen LogP contribution in [-0.4, -0.2) is 16.7 Å². The molecule has 0 amide bonds. The van der Waals surface area contributed by atoms with Crippen molar-refractivity contribution in [3.8, 4) is 11.5 Å². The molecule has 0 spiro atoms. The minimum atomic E-state index is -1.03. The fraction of sp³-hybridized carbons (Fsp3) is 0.381. The number of ether oxygens (including phenoxy) is 2. The molecule has 0 radical (unpaired) electrons. The lowest BCUT2D eigenvalue weighted by Gasteiger charge is -2.18. The number of carbonyl (C=O) groups is 1. The quantitative estimate of drug-likeness (QED) is 0.713. The van der Waals surface area contributed by atoms with Crippen LogP contribution < -0.4 is 9.47 Å². The van der Waals surface area contributed by atoms with Gasteiger partial charge in [0.25, 0.3) is 0 Å². The lowest BCUT2D eigenvalue weighted by atomic mass is 10.0. The summed E-state index contributed by atoms with van der Waals surface area (Å²) < 4.78 is 40.1. The molecule has 1 atom stereocenters. The van der Waals surface area contributed by atoms with Gasteiger partial charge in [0.05, 0.1) is 5.92 Å². The van der Waals surface area contributed by atoms with Crippen LogP contribution in [0.5, 0.6) is 11.5 Å². The molecule has 1 N–H and O–H groups in total. The first-order chi connectivity index (χ1) is 13.1. The summed E-state index contributed by atoms with van der Waals surface area (Å²) in [6, 6.07) is 5.66. The highest BCUT2D eigenvalue weighted by Crippen LogP contribution is 2.40. The zero-order valence-corrected chi connectivity index (χ0v) is 16.6. The number of benzene rings is 2. The van der Waals surface area contributed by atoms with Crippen molar-refractivity contribution in [1.82, 2.24) is 0 Å². The monoisotopic (exact) mass is 410 g/mol. The van der Waals surface area contributed by atoms with Crippen LogP contribution in [0.25, 0.3) is 0 Å². The molecule has 0 saturated heterocycles. The van der Waals surface area contributed by atoms with Crippen LogP contribution in [0.15, 0.2) is 24.3 Å². The average molecular weight is 411 g/mol. The standard InChI is InChI=1S/C21H21ClF2O4/c1-11(20(25)26)4-12-5-16(23)19(17(24)6-12)27-10-14-8-15(22)7-13-9-21(2,3)28-18(13)14/h5-8,11H,4,9-10H2,1-3H3,(H,25,26). The molecule has 0 bridgehead atoms. The summed E-state index contributed by atoms with van der Waals surface area (Å²) >= 11 is 6.15. The molecule has 1 unspecified atom stereocenters. The Balaban J connectivity index is 1.80. The Kier molecular flexibility index (Phi) is 5.53. The van der Waals surface area contributed by atoms with Gasteiger partial charge in [0, 0.05) is 17.0 Å². The molecule has 0 saturated carbocycles. The zero-order valence-electron chi connectivity index (χ0n) is 15.8. The molecular formula is C21H21ClF2O4. The number of hydrogen-bond acceptors (Lipinski definition) is 3. The fourth-order valence-electron chi connectivity index (χ4n) is 3.31. The van der Waals surface area contributed by atoms with E-state index in [9.17, 15) is 13.6 Å². The van der Waals surface area contributed by atoms with E-state index in [4.69, 9.17) is 26.2 Å². The molecule has 1 heterocycles. The normalized spacial score (nSPS) is 15.6. The van der Waals surface area contributed by atoms with Crippen LogP contribution in [0, 0.1) is 17.6 Å². The van der Waals surface area contributed by atoms with Crippen LogP contribution >= 0.6 is 11.6 Å². The van der Waals surface area contributed by atoms with E-state index in [1.165, 1.54) is 6.92 Å². The summed E-state index contributed by atoms with van der Waals surface area (Å²) in [5.41, 5.74) is 1.40. The van der Waals surface area contributed by atoms with Crippen molar-refractivity contribution in [3.63, 3.8) is 0 Å². The number of fused-ring (bicyclic) bond motifs is 1. The van der Waals surface area contributed by atoms with Crippen LogP contribution in [0.4, 0.5) is 8.78 Å². The van der Waals surface area contributed by atoms with Gasteiger partial charge in [-0.2, -0.15) is 0 Å². The maximum atomic E-state index is 14.4. The van der Waals surface area contributed by atoms with Gasteiger partial charge in [-0.1, -0.05) is 18.5 Å². The minimum absolute atomic E-state index is 0.0220. The SMILES string of the molecule is CC(Cc1cc(F)c(OCc2cc(Cl)cc3c2OC(C)(C)C3)c(F)c1)C(=O)O. The molecule has 2 aromatic carbocycles. The second-order valence-corrected chi connectivity index (χ2v) is 8.15. The summed E-state index contributed by atoms with van der Waals surface area (Å²) in [6.45, 7) is 5.25. The summed E-state index contributed by atoms with van der Waals surface area (Å²) in [6.07, 6.45) is 0.698. The second kappa shape index (κ2) is 7.59. The number of aliphatic carboxylic acids is 1. The number of carboxylic acid groups (broad SMARTS) is 1. The van der Waals surface area contributed by atoms with Crippen LogP contribution in [-0.2, 0) is 24.2 Å². The van der Waals surface area contributed by atoms with Crippen molar-refractivity contribution < 1.29 is 28.2 Å². The Morgan fingerprint density at radius 2 is 1.93 bits per heavy atom. The highest BCUT2D eigenvalue weighted by atomic mass is 35.5. The number of carboxylic acids is 1. The molecule has 4 nitrogen and oxygen atoms in total. The lowest BCUT2D eigenvalue weighted by molar-refractivity contribution is -0.141. The highest BCUT2D eigenvalue weighted by molar-refractivity contribution is 6.30. The van der Waals surface area contributed by atoms with Crippen molar-refractivity contribution in [2.45, 2.75) is 45.8 Å². The average Bonchev–Trinajstić information content (AvgIpc) is 2.87. The summed E-state index contributed by atoms with van der Waals surface area (Å²) in [7, 11) is 0. The molecule has 2 aromatic rings. The van der Waals surface area contributed by atoms with Gasteiger partial charge in [-0.15, -0.1) is 0 Å². The lowest BCUT2D eigenvalue weighted by Crippen LogP contribution is -2.25. The van der Waals surface area contributed by atoms with Crippen LogP contribution in [0.3, 0.4) is 0 Å². The fourth-order valence-corrected chi connectivity index (χ4v) is 3.57. The van der Waals surface area contributed by atoms with Gasteiger partial charge in [-0.05, 0) is 55.7 Å². The molecule has 0 aromatic heterocycles. The van der Waals surface area contributed by atoms with Gasteiger partial charge in [0.1, 0.15) is 18.0 Å². The Labute approximate surface area is 167 Å². The number of rotatable bonds is 6. The summed E-state index contributed by atoms with van der Waals surface area (Å²) in [4.78, 5) is 10.9. The molecule has 7 heteroatoms. The van der Waals surface area contributed by atoms with E-state index in [0.29, 0.717) is 22.8 Å². The van der Waals surface area contributed by atoms with Crippen molar-refractivity contribution in [1.29, 1.82) is 0 Å².